The zero-order valence-corrected chi connectivity index (χ0v) is 20.7. The van der Waals surface area contributed by atoms with Crippen LogP contribution in [-0.4, -0.2) is 42.5 Å². The van der Waals surface area contributed by atoms with Crippen LogP contribution >= 0.6 is 11.6 Å². The number of ether oxygens (including phenoxy) is 1. The maximum atomic E-state index is 14.3. The van der Waals surface area contributed by atoms with Crippen molar-refractivity contribution in [3.8, 4) is 0 Å². The van der Waals surface area contributed by atoms with Crippen LogP contribution in [0.4, 0.5) is 5.69 Å². The summed E-state index contributed by atoms with van der Waals surface area (Å²) in [6.45, 7) is 6.98. The van der Waals surface area contributed by atoms with E-state index in [9.17, 15) is 14.4 Å². The first-order chi connectivity index (χ1) is 16.8. The van der Waals surface area contributed by atoms with Gasteiger partial charge in [0.15, 0.2) is 11.0 Å². The van der Waals surface area contributed by atoms with Crippen LogP contribution in [0.15, 0.2) is 51.7 Å². The Labute approximate surface area is 208 Å². The fourth-order valence-electron chi connectivity index (χ4n) is 5.25. The van der Waals surface area contributed by atoms with Gasteiger partial charge in [0.05, 0.1) is 22.7 Å². The molecule has 2 aliphatic rings. The van der Waals surface area contributed by atoms with Gasteiger partial charge >= 0.3 is 0 Å². The quantitative estimate of drug-likeness (QED) is 0.444. The summed E-state index contributed by atoms with van der Waals surface area (Å²) < 4.78 is 11.7. The van der Waals surface area contributed by atoms with Crippen LogP contribution in [0.3, 0.4) is 0 Å². The number of carbonyl (C=O) groups is 2. The Morgan fingerprint density at radius 3 is 2.60 bits per heavy atom. The minimum Gasteiger partial charge on any atom is -0.450 e. The first-order valence-electron chi connectivity index (χ1n) is 11.9. The molecule has 182 valence electrons. The number of fused-ring (bicyclic) bond motifs is 5. The molecule has 1 aromatic heterocycles. The number of para-hydroxylation sites is 1. The number of carbonyl (C=O) groups excluding carboxylic acids is 2. The van der Waals surface area contributed by atoms with Crippen molar-refractivity contribution < 1.29 is 18.7 Å². The molecule has 0 saturated heterocycles. The van der Waals surface area contributed by atoms with Crippen LogP contribution in [0.2, 0.25) is 5.02 Å². The summed E-state index contributed by atoms with van der Waals surface area (Å²) >= 11 is 6.19. The lowest BCUT2D eigenvalue weighted by molar-refractivity contribution is -0.126. The Bertz CT molecular complexity index is 1400. The predicted molar refractivity (Wildman–Crippen MR) is 134 cm³/mol. The maximum absolute atomic E-state index is 14.3. The molecule has 35 heavy (non-hydrogen) atoms. The van der Waals surface area contributed by atoms with Crippen LogP contribution in [-0.2, 0) is 15.1 Å². The monoisotopic (exact) mass is 494 g/mol. The molecular formula is C27H27ClN2O5. The van der Waals surface area contributed by atoms with Crippen LogP contribution < -0.4 is 10.3 Å². The first kappa shape index (κ1) is 23.6. The van der Waals surface area contributed by atoms with Gasteiger partial charge in [-0.05, 0) is 51.0 Å². The van der Waals surface area contributed by atoms with Crippen molar-refractivity contribution >= 4 is 40.1 Å². The van der Waals surface area contributed by atoms with Gasteiger partial charge in [-0.15, -0.1) is 0 Å². The molecule has 7 nitrogen and oxygen atoms in total. The van der Waals surface area contributed by atoms with Crippen molar-refractivity contribution in [3.63, 3.8) is 0 Å². The van der Waals surface area contributed by atoms with Gasteiger partial charge in [-0.3, -0.25) is 14.4 Å². The molecule has 8 heteroatoms. The predicted octanol–water partition coefficient (Wildman–Crippen LogP) is 4.72. The Kier molecular flexibility index (Phi) is 5.93. The lowest BCUT2D eigenvalue weighted by Crippen LogP contribution is -2.53. The van der Waals surface area contributed by atoms with E-state index in [1.807, 2.05) is 45.0 Å². The number of nitrogens with zero attached hydrogens (tertiary/aromatic N) is 2. The molecule has 2 amide bonds. The van der Waals surface area contributed by atoms with Gasteiger partial charge < -0.3 is 19.0 Å². The second kappa shape index (κ2) is 8.81. The number of halogens is 1. The molecule has 0 fully saturated rings. The number of amides is 2. The standard InChI is InChI=1S/C27H27ClN2O5/c1-4-12-29-20-9-6-5-8-19(20)27(26(29)33)22-23(31)18-15-17(28)10-11-21(18)35-24(22)25(32)30(27)13-7-14-34-16(2)3/h5-6,8-11,15-16H,4,7,12-14H2,1-3H3. The van der Waals surface area contributed by atoms with E-state index in [0.717, 1.165) is 6.42 Å². The Morgan fingerprint density at radius 2 is 1.86 bits per heavy atom. The molecule has 0 bridgehead atoms. The third kappa shape index (κ3) is 3.40. The molecule has 5 rings (SSSR count). The van der Waals surface area contributed by atoms with Crippen molar-refractivity contribution in [2.45, 2.75) is 45.3 Å². The van der Waals surface area contributed by atoms with Gasteiger partial charge in [0.1, 0.15) is 5.58 Å². The molecule has 1 unspecified atom stereocenters. The van der Waals surface area contributed by atoms with Gasteiger partial charge in [0.25, 0.3) is 11.8 Å². The number of hydrogen-bond acceptors (Lipinski definition) is 5. The topological polar surface area (TPSA) is 80.1 Å². The Hall–Kier alpha value is -3.16. The molecule has 0 N–H and O–H groups in total. The molecule has 3 heterocycles. The van der Waals surface area contributed by atoms with Crippen molar-refractivity contribution in [2.24, 2.45) is 0 Å². The van der Waals surface area contributed by atoms with E-state index < -0.39 is 16.9 Å². The molecule has 3 aromatic rings. The van der Waals surface area contributed by atoms with Gasteiger partial charge in [-0.2, -0.15) is 0 Å². The van der Waals surface area contributed by atoms with Gasteiger partial charge in [-0.25, -0.2) is 0 Å². The maximum Gasteiger partial charge on any atom is 0.291 e. The average molecular weight is 495 g/mol. The SMILES string of the molecule is CCCN1C(=O)C2(c3ccccc31)c1c(oc3ccc(Cl)cc3c1=O)C(=O)N2CCCOC(C)C. The van der Waals surface area contributed by atoms with Crippen molar-refractivity contribution in [1.29, 1.82) is 0 Å². The third-order valence-electron chi connectivity index (χ3n) is 6.62. The smallest absolute Gasteiger partial charge is 0.291 e. The minimum absolute atomic E-state index is 0.0441. The highest BCUT2D eigenvalue weighted by Gasteiger charge is 2.64. The van der Waals surface area contributed by atoms with Crippen molar-refractivity contribution in [1.82, 2.24) is 4.90 Å². The summed E-state index contributed by atoms with van der Waals surface area (Å²) in [6.07, 6.45) is 1.27. The van der Waals surface area contributed by atoms with Crippen molar-refractivity contribution in [2.75, 3.05) is 24.6 Å². The number of benzene rings is 2. The van der Waals surface area contributed by atoms with Crippen LogP contribution in [0.1, 0.15) is 55.3 Å². The van der Waals surface area contributed by atoms with Gasteiger partial charge in [0, 0.05) is 30.3 Å². The van der Waals surface area contributed by atoms with E-state index >= 15 is 0 Å². The third-order valence-corrected chi connectivity index (χ3v) is 6.86. The summed E-state index contributed by atoms with van der Waals surface area (Å²) in [6, 6.07) is 12.1. The molecule has 0 radical (unpaired) electrons. The molecular weight excluding hydrogens is 468 g/mol. The fraction of sp³-hybridized carbons (Fsp3) is 0.370. The van der Waals surface area contributed by atoms with E-state index in [4.69, 9.17) is 20.8 Å². The van der Waals surface area contributed by atoms with E-state index in [-0.39, 0.29) is 40.8 Å². The van der Waals surface area contributed by atoms with Gasteiger partial charge in [-0.1, -0.05) is 36.7 Å². The fourth-order valence-corrected chi connectivity index (χ4v) is 5.42. The normalized spacial score (nSPS) is 18.9. The van der Waals surface area contributed by atoms with Crippen LogP contribution in [0, 0.1) is 0 Å². The number of anilines is 1. The second-order valence-electron chi connectivity index (χ2n) is 9.19. The highest BCUT2D eigenvalue weighted by Crippen LogP contribution is 2.52. The molecule has 2 aromatic carbocycles. The summed E-state index contributed by atoms with van der Waals surface area (Å²) in [5.41, 5.74) is -0.362. The number of hydrogen-bond donors (Lipinski definition) is 0. The molecule has 0 saturated carbocycles. The summed E-state index contributed by atoms with van der Waals surface area (Å²) in [4.78, 5) is 45.3. The zero-order valence-electron chi connectivity index (χ0n) is 20.0. The lowest BCUT2D eigenvalue weighted by Gasteiger charge is -2.34. The largest absolute Gasteiger partial charge is 0.450 e. The Balaban J connectivity index is 1.78. The Morgan fingerprint density at radius 1 is 1.09 bits per heavy atom. The van der Waals surface area contributed by atoms with E-state index in [1.54, 1.807) is 17.0 Å². The summed E-state index contributed by atoms with van der Waals surface area (Å²) in [5.74, 6) is -0.873. The van der Waals surface area contributed by atoms with E-state index in [2.05, 4.69) is 0 Å². The lowest BCUT2D eigenvalue weighted by atomic mass is 9.84. The molecule has 1 spiro atoms. The highest BCUT2D eigenvalue weighted by atomic mass is 35.5. The summed E-state index contributed by atoms with van der Waals surface area (Å²) in [7, 11) is 0. The summed E-state index contributed by atoms with van der Waals surface area (Å²) in [5, 5.41) is 0.615. The van der Waals surface area contributed by atoms with Gasteiger partial charge in [0.2, 0.25) is 5.76 Å². The van der Waals surface area contributed by atoms with Crippen LogP contribution in [0.25, 0.3) is 11.0 Å². The minimum atomic E-state index is -1.59. The van der Waals surface area contributed by atoms with E-state index in [1.165, 1.54) is 11.0 Å². The highest BCUT2D eigenvalue weighted by molar-refractivity contribution is 6.31. The second-order valence-corrected chi connectivity index (χ2v) is 9.63. The molecule has 0 aliphatic carbocycles. The molecule has 1 atom stereocenters. The first-order valence-corrected chi connectivity index (χ1v) is 12.3. The van der Waals surface area contributed by atoms with Crippen LogP contribution in [0.5, 0.6) is 0 Å². The van der Waals surface area contributed by atoms with Crippen molar-refractivity contribution in [3.05, 3.63) is 74.6 Å². The molecule has 2 aliphatic heterocycles. The zero-order chi connectivity index (χ0) is 24.9. The number of rotatable bonds is 7. The average Bonchev–Trinajstić information content (AvgIpc) is 3.22. The van der Waals surface area contributed by atoms with E-state index in [0.29, 0.717) is 35.8 Å².